The van der Waals surface area contributed by atoms with Gasteiger partial charge in [0.15, 0.2) is 0 Å². The van der Waals surface area contributed by atoms with Crippen molar-refractivity contribution in [2.45, 2.75) is 52.2 Å². The number of ether oxygens (including phenoxy) is 3. The molecule has 1 heterocycles. The van der Waals surface area contributed by atoms with Crippen molar-refractivity contribution in [1.29, 1.82) is 0 Å². The molecule has 0 radical (unpaired) electrons. The molecular formula is C16H27NO5. The largest absolute Gasteiger partial charge is 0.463 e. The number of hydrogen-bond acceptors (Lipinski definition) is 5. The Morgan fingerprint density at radius 2 is 2.09 bits per heavy atom. The summed E-state index contributed by atoms with van der Waals surface area (Å²) in [5.41, 5.74) is -0.493. The molecule has 1 fully saturated rings. The summed E-state index contributed by atoms with van der Waals surface area (Å²) in [7, 11) is 0. The smallest absolute Gasteiger partial charge is 0.410 e. The fraction of sp³-hybridized carbons (Fsp3) is 0.750. The van der Waals surface area contributed by atoms with Crippen LogP contribution in [0.3, 0.4) is 0 Å². The Balaban J connectivity index is 2.34. The highest BCUT2D eigenvalue weighted by Crippen LogP contribution is 2.15. The number of carbonyl (C=O) groups is 2. The maximum absolute atomic E-state index is 12.0. The Morgan fingerprint density at radius 3 is 2.73 bits per heavy atom. The monoisotopic (exact) mass is 313 g/mol. The van der Waals surface area contributed by atoms with E-state index in [9.17, 15) is 9.59 Å². The first-order chi connectivity index (χ1) is 10.3. The van der Waals surface area contributed by atoms with Crippen molar-refractivity contribution < 1.29 is 23.8 Å². The summed E-state index contributed by atoms with van der Waals surface area (Å²) in [5, 5.41) is 0. The minimum absolute atomic E-state index is 0.0342. The molecule has 0 aromatic carbocycles. The Kier molecular flexibility index (Phi) is 7.38. The lowest BCUT2D eigenvalue weighted by Crippen LogP contribution is -2.47. The van der Waals surface area contributed by atoms with Crippen LogP contribution in [0.2, 0.25) is 0 Å². The molecule has 0 N–H and O–H groups in total. The van der Waals surface area contributed by atoms with E-state index in [0.717, 1.165) is 6.42 Å². The summed E-state index contributed by atoms with van der Waals surface area (Å²) in [6.45, 7) is 9.26. The molecule has 1 aliphatic heterocycles. The van der Waals surface area contributed by atoms with E-state index in [1.54, 1.807) is 17.9 Å². The first kappa shape index (κ1) is 18.5. The molecule has 1 rings (SSSR count). The fourth-order valence-electron chi connectivity index (χ4n) is 2.04. The Hall–Kier alpha value is -1.56. The normalized spacial score (nSPS) is 19.3. The van der Waals surface area contributed by atoms with Crippen molar-refractivity contribution in [1.82, 2.24) is 4.90 Å². The number of rotatable bonds is 5. The summed E-state index contributed by atoms with van der Waals surface area (Å²) in [6.07, 6.45) is 4.31. The summed E-state index contributed by atoms with van der Waals surface area (Å²) < 4.78 is 15.8. The van der Waals surface area contributed by atoms with Crippen LogP contribution in [0, 0.1) is 0 Å². The Morgan fingerprint density at radius 1 is 1.36 bits per heavy atom. The van der Waals surface area contributed by atoms with Crippen molar-refractivity contribution in [3.05, 3.63) is 12.2 Å². The zero-order valence-electron chi connectivity index (χ0n) is 14.0. The average Bonchev–Trinajstić information content (AvgIpc) is 2.42. The Bertz CT molecular complexity index is 400. The van der Waals surface area contributed by atoms with Crippen LogP contribution in [0.1, 0.15) is 40.5 Å². The highest BCUT2D eigenvalue weighted by molar-refractivity contribution is 5.81. The zero-order valence-corrected chi connectivity index (χ0v) is 14.0. The number of morpholine rings is 1. The predicted octanol–water partition coefficient (Wildman–Crippen LogP) is 2.52. The number of carbonyl (C=O) groups excluding carboxylic acids is 2. The highest BCUT2D eigenvalue weighted by atomic mass is 16.6. The molecule has 0 aromatic rings. The molecule has 0 saturated carbocycles. The van der Waals surface area contributed by atoms with E-state index in [4.69, 9.17) is 14.2 Å². The van der Waals surface area contributed by atoms with E-state index in [-0.39, 0.29) is 18.2 Å². The standard InChI is InChI=1S/C16H27NO5/c1-5-20-14(18)9-7-6-8-13-12-17(10-11-21-13)15(19)22-16(2,3)4/h7,9,13H,5-6,8,10-12H2,1-4H3/b9-7+. The molecule has 0 aliphatic carbocycles. The van der Waals surface area contributed by atoms with Gasteiger partial charge in [0.2, 0.25) is 0 Å². The third kappa shape index (κ3) is 7.45. The third-order valence-corrected chi connectivity index (χ3v) is 2.99. The molecule has 126 valence electrons. The summed E-state index contributed by atoms with van der Waals surface area (Å²) in [4.78, 5) is 24.9. The number of amides is 1. The number of esters is 1. The van der Waals surface area contributed by atoms with E-state index in [2.05, 4.69) is 0 Å². The van der Waals surface area contributed by atoms with Gasteiger partial charge in [0.1, 0.15) is 5.60 Å². The van der Waals surface area contributed by atoms with Crippen LogP contribution >= 0.6 is 0 Å². The van der Waals surface area contributed by atoms with E-state index in [0.29, 0.717) is 32.7 Å². The van der Waals surface area contributed by atoms with E-state index in [1.165, 1.54) is 6.08 Å². The van der Waals surface area contributed by atoms with Crippen molar-refractivity contribution >= 4 is 12.1 Å². The maximum atomic E-state index is 12.0. The van der Waals surface area contributed by atoms with Crippen molar-refractivity contribution in [2.24, 2.45) is 0 Å². The third-order valence-electron chi connectivity index (χ3n) is 2.99. The van der Waals surface area contributed by atoms with Crippen molar-refractivity contribution in [3.63, 3.8) is 0 Å². The van der Waals surface area contributed by atoms with Gasteiger partial charge in [0.05, 0.1) is 25.9 Å². The molecular weight excluding hydrogens is 286 g/mol. The van der Waals surface area contributed by atoms with Gasteiger partial charge in [-0.05, 0) is 40.5 Å². The Labute approximate surface area is 132 Å². The van der Waals surface area contributed by atoms with Gasteiger partial charge in [-0.1, -0.05) is 6.08 Å². The number of allylic oxidation sites excluding steroid dienone is 1. The first-order valence-electron chi connectivity index (χ1n) is 7.74. The van der Waals surface area contributed by atoms with Gasteiger partial charge in [-0.2, -0.15) is 0 Å². The minimum atomic E-state index is -0.493. The van der Waals surface area contributed by atoms with Gasteiger partial charge in [-0.15, -0.1) is 0 Å². The topological polar surface area (TPSA) is 65.1 Å². The number of hydrogen-bond donors (Lipinski definition) is 0. The van der Waals surface area contributed by atoms with Crippen LogP contribution < -0.4 is 0 Å². The lowest BCUT2D eigenvalue weighted by molar-refractivity contribution is -0.137. The van der Waals surface area contributed by atoms with Gasteiger partial charge < -0.3 is 19.1 Å². The fourth-order valence-corrected chi connectivity index (χ4v) is 2.04. The molecule has 22 heavy (non-hydrogen) atoms. The predicted molar refractivity (Wildman–Crippen MR) is 82.6 cm³/mol. The van der Waals surface area contributed by atoms with Gasteiger partial charge in [0.25, 0.3) is 0 Å². The second-order valence-electron chi connectivity index (χ2n) is 6.15. The lowest BCUT2D eigenvalue weighted by Gasteiger charge is -2.34. The molecule has 1 unspecified atom stereocenters. The van der Waals surface area contributed by atoms with Crippen LogP contribution in [0.15, 0.2) is 12.2 Å². The van der Waals surface area contributed by atoms with E-state index in [1.807, 2.05) is 20.8 Å². The van der Waals surface area contributed by atoms with Crippen LogP contribution in [-0.4, -0.2) is 55.0 Å². The molecule has 0 spiro atoms. The van der Waals surface area contributed by atoms with Gasteiger partial charge >= 0.3 is 12.1 Å². The molecule has 1 atom stereocenters. The average molecular weight is 313 g/mol. The van der Waals surface area contributed by atoms with Crippen LogP contribution in [0.5, 0.6) is 0 Å². The van der Waals surface area contributed by atoms with Crippen molar-refractivity contribution in [2.75, 3.05) is 26.3 Å². The molecule has 1 amide bonds. The van der Waals surface area contributed by atoms with Gasteiger partial charge in [-0.3, -0.25) is 0 Å². The van der Waals surface area contributed by atoms with Crippen LogP contribution in [-0.2, 0) is 19.0 Å². The lowest BCUT2D eigenvalue weighted by atomic mass is 10.1. The summed E-state index contributed by atoms with van der Waals surface area (Å²) >= 11 is 0. The second-order valence-corrected chi connectivity index (χ2v) is 6.15. The van der Waals surface area contributed by atoms with Gasteiger partial charge in [0, 0.05) is 12.6 Å². The maximum Gasteiger partial charge on any atom is 0.410 e. The summed E-state index contributed by atoms with van der Waals surface area (Å²) in [5.74, 6) is -0.331. The molecule has 1 saturated heterocycles. The second kappa shape index (κ2) is 8.78. The molecule has 6 nitrogen and oxygen atoms in total. The van der Waals surface area contributed by atoms with Gasteiger partial charge in [-0.25, -0.2) is 9.59 Å². The molecule has 0 bridgehead atoms. The van der Waals surface area contributed by atoms with Crippen molar-refractivity contribution in [3.8, 4) is 0 Å². The zero-order chi connectivity index (χ0) is 16.6. The summed E-state index contributed by atoms with van der Waals surface area (Å²) in [6, 6.07) is 0. The SMILES string of the molecule is CCOC(=O)/C=C/CCC1CN(C(=O)OC(C)(C)C)CCO1. The quantitative estimate of drug-likeness (QED) is 0.576. The number of nitrogens with zero attached hydrogens (tertiary/aromatic N) is 1. The molecule has 6 heteroatoms. The first-order valence-corrected chi connectivity index (χ1v) is 7.74. The minimum Gasteiger partial charge on any atom is -0.463 e. The molecule has 0 aromatic heterocycles. The van der Waals surface area contributed by atoms with Crippen LogP contribution in [0.4, 0.5) is 4.79 Å². The molecule has 1 aliphatic rings. The van der Waals surface area contributed by atoms with E-state index >= 15 is 0 Å². The highest BCUT2D eigenvalue weighted by Gasteiger charge is 2.27. The van der Waals surface area contributed by atoms with Crippen LogP contribution in [0.25, 0.3) is 0 Å². The van der Waals surface area contributed by atoms with E-state index < -0.39 is 5.60 Å².